The lowest BCUT2D eigenvalue weighted by atomic mass is 10.1. The summed E-state index contributed by atoms with van der Waals surface area (Å²) in [6, 6.07) is 3.52. The molecule has 200 valence electrons. The van der Waals surface area contributed by atoms with Gasteiger partial charge in [0.1, 0.15) is 22.8 Å². The molecule has 1 saturated heterocycles. The van der Waals surface area contributed by atoms with E-state index in [1.54, 1.807) is 25.7 Å². The molecule has 1 aromatic carbocycles. The molecule has 38 heavy (non-hydrogen) atoms. The van der Waals surface area contributed by atoms with Crippen molar-refractivity contribution in [2.45, 2.75) is 44.8 Å². The Labute approximate surface area is 214 Å². The van der Waals surface area contributed by atoms with Crippen LogP contribution in [-0.4, -0.2) is 50.9 Å². The minimum Gasteiger partial charge on any atom is -0.477 e. The number of hydrogen-bond donors (Lipinski definition) is 2. The van der Waals surface area contributed by atoms with Gasteiger partial charge in [-0.25, -0.2) is 27.7 Å². The maximum atomic E-state index is 15.4. The average Bonchev–Trinajstić information content (AvgIpc) is 3.51. The Balaban J connectivity index is 1.59. The van der Waals surface area contributed by atoms with Gasteiger partial charge in [0.25, 0.3) is 0 Å². The number of ether oxygens (including phenoxy) is 1. The van der Waals surface area contributed by atoms with Gasteiger partial charge < -0.3 is 20.1 Å². The number of alkyl carbamates (subject to hydrolysis) is 1. The average molecular weight is 531 g/mol. The van der Waals surface area contributed by atoms with Crippen LogP contribution in [0.3, 0.4) is 0 Å². The third-order valence-corrected chi connectivity index (χ3v) is 6.81. The van der Waals surface area contributed by atoms with Crippen LogP contribution in [0.25, 0.3) is 16.7 Å². The Kier molecular flexibility index (Phi) is 5.88. The molecule has 2 aliphatic rings. The molecule has 0 unspecified atom stereocenters. The normalized spacial score (nSPS) is 20.7. The highest BCUT2D eigenvalue weighted by Gasteiger charge is 2.58. The lowest BCUT2D eigenvalue weighted by Gasteiger charge is -2.34. The molecule has 2 aromatic heterocycles. The van der Waals surface area contributed by atoms with E-state index in [0.717, 1.165) is 29.0 Å². The summed E-state index contributed by atoms with van der Waals surface area (Å²) >= 11 is 0. The smallest absolute Gasteiger partial charge is 0.408 e. The molecular formula is C26H25F3N4O5. The van der Waals surface area contributed by atoms with E-state index in [4.69, 9.17) is 4.74 Å². The van der Waals surface area contributed by atoms with E-state index in [0.29, 0.717) is 25.5 Å². The lowest BCUT2D eigenvalue weighted by molar-refractivity contribution is 0.0489. The van der Waals surface area contributed by atoms with Gasteiger partial charge in [-0.15, -0.1) is 0 Å². The predicted molar refractivity (Wildman–Crippen MR) is 131 cm³/mol. The molecule has 2 N–H and O–H groups in total. The van der Waals surface area contributed by atoms with Crippen molar-refractivity contribution >= 4 is 28.9 Å². The first-order valence-corrected chi connectivity index (χ1v) is 12.0. The number of pyridine rings is 2. The highest BCUT2D eigenvalue weighted by Crippen LogP contribution is 2.50. The van der Waals surface area contributed by atoms with Gasteiger partial charge >= 0.3 is 12.1 Å². The number of rotatable bonds is 4. The fourth-order valence-electron chi connectivity index (χ4n) is 5.01. The molecule has 0 spiro atoms. The van der Waals surface area contributed by atoms with Crippen molar-refractivity contribution < 1.29 is 32.6 Å². The number of anilines is 1. The Bertz CT molecular complexity index is 1550. The minimum atomic E-state index is -1.59. The summed E-state index contributed by atoms with van der Waals surface area (Å²) in [7, 11) is 0. The monoisotopic (exact) mass is 530 g/mol. The largest absolute Gasteiger partial charge is 0.477 e. The quantitative estimate of drug-likeness (QED) is 0.524. The third-order valence-electron chi connectivity index (χ3n) is 6.81. The summed E-state index contributed by atoms with van der Waals surface area (Å²) in [6.07, 6.45) is 1.60. The third kappa shape index (κ3) is 4.54. The van der Waals surface area contributed by atoms with Crippen molar-refractivity contribution in [1.82, 2.24) is 14.9 Å². The van der Waals surface area contributed by atoms with E-state index < -0.39 is 51.6 Å². The van der Waals surface area contributed by atoms with E-state index in [9.17, 15) is 28.3 Å². The van der Waals surface area contributed by atoms with E-state index >= 15 is 4.39 Å². The topological polar surface area (TPSA) is 114 Å². The maximum Gasteiger partial charge on any atom is 0.408 e. The molecule has 12 heteroatoms. The number of aromatic nitrogens is 2. The number of carbonyl (C=O) groups is 2. The second-order valence-corrected chi connectivity index (χ2v) is 10.7. The zero-order chi connectivity index (χ0) is 27.6. The Hall–Kier alpha value is -4.09. The fraction of sp³-hybridized carbons (Fsp3) is 0.385. The van der Waals surface area contributed by atoms with E-state index in [2.05, 4.69) is 10.3 Å². The number of aromatic carboxylic acids is 1. The van der Waals surface area contributed by atoms with Crippen LogP contribution in [-0.2, 0) is 4.74 Å². The van der Waals surface area contributed by atoms with Gasteiger partial charge in [-0.1, -0.05) is 0 Å². The van der Waals surface area contributed by atoms with Gasteiger partial charge in [0.2, 0.25) is 5.43 Å². The molecule has 5 rings (SSSR count). The SMILES string of the molecule is CC(C)(C)OC(=O)N[C@]12C[C@H]1CCN(c1nc3c(cc1F)c(=O)c(C(=O)O)cn3-c1ccc(F)cc1F)C2. The van der Waals surface area contributed by atoms with Gasteiger partial charge in [-0.05, 0) is 57.7 Å². The van der Waals surface area contributed by atoms with E-state index in [1.165, 1.54) is 0 Å². The molecule has 2 fully saturated rings. The number of nitrogens with zero attached hydrogens (tertiary/aromatic N) is 3. The van der Waals surface area contributed by atoms with Crippen molar-refractivity contribution in [1.29, 1.82) is 0 Å². The van der Waals surface area contributed by atoms with Gasteiger partial charge in [0, 0.05) is 25.4 Å². The lowest BCUT2D eigenvalue weighted by Crippen LogP contribution is -2.52. The Morgan fingerprint density at radius 3 is 2.58 bits per heavy atom. The number of carbonyl (C=O) groups excluding carboxylic acids is 1. The summed E-state index contributed by atoms with van der Waals surface area (Å²) in [5.74, 6) is -4.33. The molecule has 0 bridgehead atoms. The van der Waals surface area contributed by atoms with Gasteiger partial charge in [-0.2, -0.15) is 0 Å². The van der Waals surface area contributed by atoms with Crippen molar-refractivity contribution in [2.75, 3.05) is 18.0 Å². The second kappa shape index (κ2) is 8.74. The number of fused-ring (bicyclic) bond motifs is 2. The van der Waals surface area contributed by atoms with Crippen LogP contribution in [0.2, 0.25) is 0 Å². The van der Waals surface area contributed by atoms with Crippen LogP contribution < -0.4 is 15.6 Å². The van der Waals surface area contributed by atoms with E-state index in [1.807, 2.05) is 0 Å². The number of nitrogens with one attached hydrogen (secondary N) is 1. The second-order valence-electron chi connectivity index (χ2n) is 10.7. The minimum absolute atomic E-state index is 0.146. The summed E-state index contributed by atoms with van der Waals surface area (Å²) in [5, 5.41) is 12.0. The number of piperidine rings is 1. The fourth-order valence-corrected chi connectivity index (χ4v) is 5.01. The number of carboxylic acid groups (broad SMARTS) is 1. The summed E-state index contributed by atoms with van der Waals surface area (Å²) in [4.78, 5) is 42.9. The Morgan fingerprint density at radius 1 is 1.18 bits per heavy atom. The molecule has 3 heterocycles. The van der Waals surface area contributed by atoms with Gasteiger partial charge in [0.15, 0.2) is 17.3 Å². The van der Waals surface area contributed by atoms with Crippen molar-refractivity contribution in [3.05, 3.63) is 63.7 Å². The highest BCUT2D eigenvalue weighted by atomic mass is 19.1. The van der Waals surface area contributed by atoms with Crippen LogP contribution in [0.5, 0.6) is 0 Å². The molecule has 0 radical (unpaired) electrons. The number of benzene rings is 1. The van der Waals surface area contributed by atoms with Crippen LogP contribution in [0, 0.1) is 23.4 Å². The summed E-state index contributed by atoms with van der Waals surface area (Å²) < 4.78 is 50.1. The summed E-state index contributed by atoms with van der Waals surface area (Å²) in [5.41, 5.74) is -3.52. The number of hydrogen-bond acceptors (Lipinski definition) is 6. The molecular weight excluding hydrogens is 505 g/mol. The number of carboxylic acids is 1. The molecule has 1 aliphatic heterocycles. The zero-order valence-electron chi connectivity index (χ0n) is 20.8. The summed E-state index contributed by atoms with van der Waals surface area (Å²) in [6.45, 7) is 5.86. The molecule has 1 amide bonds. The molecule has 9 nitrogen and oxygen atoms in total. The van der Waals surface area contributed by atoms with Crippen molar-refractivity contribution in [3.8, 4) is 5.69 Å². The molecule has 2 atom stereocenters. The molecule has 3 aromatic rings. The Morgan fingerprint density at radius 2 is 1.92 bits per heavy atom. The first-order valence-electron chi connectivity index (χ1n) is 12.0. The standard InChI is InChI=1S/C26H25F3N4O5/c1-25(2,3)38-24(37)31-26-10-13(26)6-7-32(12-26)22-18(29)9-15-20(34)16(23(35)36)11-33(21(15)30-22)19-5-4-14(27)8-17(19)28/h4-5,8-9,11,13H,6-7,10,12H2,1-3H3,(H,31,37)(H,35,36)/t13-,26+/m1/s1. The van der Waals surface area contributed by atoms with Gasteiger partial charge in [-0.3, -0.25) is 9.36 Å². The van der Waals surface area contributed by atoms with Crippen LogP contribution >= 0.6 is 0 Å². The van der Waals surface area contributed by atoms with Gasteiger partial charge in [0.05, 0.1) is 16.6 Å². The zero-order valence-corrected chi connectivity index (χ0v) is 20.8. The predicted octanol–water partition coefficient (Wildman–Crippen LogP) is 3.99. The molecule has 1 saturated carbocycles. The first-order chi connectivity index (χ1) is 17.8. The maximum absolute atomic E-state index is 15.4. The van der Waals surface area contributed by atoms with Crippen LogP contribution in [0.1, 0.15) is 44.0 Å². The highest BCUT2D eigenvalue weighted by molar-refractivity contribution is 5.92. The molecule has 1 aliphatic carbocycles. The number of halogens is 3. The number of amides is 1. The van der Waals surface area contributed by atoms with Crippen molar-refractivity contribution in [2.24, 2.45) is 5.92 Å². The van der Waals surface area contributed by atoms with Crippen LogP contribution in [0.4, 0.5) is 23.8 Å². The first kappa shape index (κ1) is 25.6. The van der Waals surface area contributed by atoms with Crippen molar-refractivity contribution in [3.63, 3.8) is 0 Å². The van der Waals surface area contributed by atoms with Crippen LogP contribution in [0.15, 0.2) is 35.3 Å². The van der Waals surface area contributed by atoms with E-state index in [-0.39, 0.29) is 35.0 Å².